The van der Waals surface area contributed by atoms with Gasteiger partial charge in [-0.05, 0) is 55.3 Å². The second-order valence-corrected chi connectivity index (χ2v) is 6.58. The zero-order chi connectivity index (χ0) is 8.00. The smallest absolute Gasteiger partial charge is 0.00769 e. The molecular weight excluding hydrogens is 156 g/mol. The molecule has 0 nitrogen and oxygen atoms in total. The highest BCUT2D eigenvalue weighted by atomic mass is 15.0. The van der Waals surface area contributed by atoms with E-state index < -0.39 is 0 Å². The van der Waals surface area contributed by atoms with E-state index in [0.717, 1.165) is 10.8 Å². The molecule has 6 aliphatic rings. The standard InChI is InChI=1S/C13H14/c1-2-9-12(3-1)5-8-10-6-4-7(6)11(10)13(8,9)12/h2,6-8,10-11H,1,3-5H2. The summed E-state index contributed by atoms with van der Waals surface area (Å²) in [5, 5.41) is 0. The van der Waals surface area contributed by atoms with Gasteiger partial charge < -0.3 is 0 Å². The van der Waals surface area contributed by atoms with Gasteiger partial charge in [0.05, 0.1) is 0 Å². The van der Waals surface area contributed by atoms with Crippen molar-refractivity contribution in [1.29, 1.82) is 0 Å². The van der Waals surface area contributed by atoms with Crippen LogP contribution in [0.4, 0.5) is 0 Å². The maximum absolute atomic E-state index is 2.63. The molecule has 0 bridgehead atoms. The van der Waals surface area contributed by atoms with E-state index in [9.17, 15) is 0 Å². The Balaban J connectivity index is 1.62. The van der Waals surface area contributed by atoms with E-state index in [4.69, 9.17) is 0 Å². The van der Waals surface area contributed by atoms with Crippen LogP contribution in [0.2, 0.25) is 0 Å². The summed E-state index contributed by atoms with van der Waals surface area (Å²) in [7, 11) is 0. The van der Waals surface area contributed by atoms with Crippen LogP contribution in [-0.4, -0.2) is 0 Å². The van der Waals surface area contributed by atoms with Crippen LogP contribution in [0.1, 0.15) is 25.7 Å². The van der Waals surface area contributed by atoms with Gasteiger partial charge >= 0.3 is 0 Å². The van der Waals surface area contributed by atoms with E-state index in [0.29, 0.717) is 0 Å². The molecule has 0 saturated heterocycles. The van der Waals surface area contributed by atoms with E-state index in [1.165, 1.54) is 36.0 Å². The first-order valence-electron chi connectivity index (χ1n) is 6.12. The van der Waals surface area contributed by atoms with Crippen LogP contribution in [-0.2, 0) is 0 Å². The Hall–Kier alpha value is -0.260. The molecule has 0 heterocycles. The van der Waals surface area contributed by atoms with Crippen LogP contribution in [0.3, 0.4) is 0 Å². The first kappa shape index (κ1) is 5.58. The van der Waals surface area contributed by atoms with Crippen molar-refractivity contribution in [2.24, 2.45) is 40.4 Å². The fourth-order valence-electron chi connectivity index (χ4n) is 6.85. The maximum atomic E-state index is 2.63. The van der Waals surface area contributed by atoms with Crippen molar-refractivity contribution < 1.29 is 0 Å². The minimum Gasteiger partial charge on any atom is -0.0841 e. The Morgan fingerprint density at radius 3 is 3.23 bits per heavy atom. The Labute approximate surface area is 78.4 Å². The largest absolute Gasteiger partial charge is 0.0841 e. The quantitative estimate of drug-likeness (QED) is 0.490. The Morgan fingerprint density at radius 1 is 1.31 bits per heavy atom. The van der Waals surface area contributed by atoms with E-state index >= 15 is 0 Å². The molecule has 66 valence electrons. The van der Waals surface area contributed by atoms with Gasteiger partial charge in [0.15, 0.2) is 0 Å². The topological polar surface area (TPSA) is 0 Å². The van der Waals surface area contributed by atoms with Crippen molar-refractivity contribution in [1.82, 2.24) is 0 Å². The predicted octanol–water partition coefficient (Wildman–Crippen LogP) is 2.61. The Morgan fingerprint density at radius 2 is 2.31 bits per heavy atom. The summed E-state index contributed by atoms with van der Waals surface area (Å²) in [6.45, 7) is 0. The lowest BCUT2D eigenvalue weighted by molar-refractivity contribution is -0.220. The highest BCUT2D eigenvalue weighted by molar-refractivity contribution is 5.63. The zero-order valence-electron chi connectivity index (χ0n) is 7.79. The van der Waals surface area contributed by atoms with Gasteiger partial charge in [0.2, 0.25) is 0 Å². The van der Waals surface area contributed by atoms with Crippen LogP contribution in [0.15, 0.2) is 11.6 Å². The van der Waals surface area contributed by atoms with E-state index in [1.807, 2.05) is 5.57 Å². The van der Waals surface area contributed by atoms with Crippen molar-refractivity contribution >= 4 is 0 Å². The zero-order valence-corrected chi connectivity index (χ0v) is 7.79. The lowest BCUT2D eigenvalue weighted by atomic mass is 9.35. The van der Waals surface area contributed by atoms with Gasteiger partial charge in [-0.25, -0.2) is 0 Å². The van der Waals surface area contributed by atoms with E-state index in [-0.39, 0.29) is 0 Å². The molecule has 0 aromatic heterocycles. The maximum Gasteiger partial charge on any atom is 0.00769 e. The normalized spacial score (nSPS) is 82.5. The number of hydrogen-bond acceptors (Lipinski definition) is 0. The molecule has 0 amide bonds. The minimum absolute atomic E-state index is 0.867. The second kappa shape index (κ2) is 1.12. The molecule has 6 aliphatic carbocycles. The Bertz CT molecular complexity index is 406. The molecule has 0 radical (unpaired) electrons. The van der Waals surface area contributed by atoms with E-state index in [1.54, 1.807) is 19.3 Å². The molecule has 7 unspecified atom stereocenters. The van der Waals surface area contributed by atoms with Crippen molar-refractivity contribution in [3.05, 3.63) is 11.6 Å². The minimum atomic E-state index is 0.867. The molecular formula is C13H14. The SMILES string of the molecule is C1=C2C3(CC1)CC1C4C5CC5C4C213. The van der Waals surface area contributed by atoms with Gasteiger partial charge in [0, 0.05) is 10.8 Å². The van der Waals surface area contributed by atoms with Gasteiger partial charge in [-0.15, -0.1) is 0 Å². The molecule has 0 aliphatic heterocycles. The third-order valence-electron chi connectivity index (χ3n) is 7.02. The summed E-state index contributed by atoms with van der Waals surface area (Å²) in [6, 6.07) is 0. The monoisotopic (exact) mass is 170 g/mol. The van der Waals surface area contributed by atoms with Crippen LogP contribution >= 0.6 is 0 Å². The summed E-state index contributed by atoms with van der Waals surface area (Å²) in [5.74, 6) is 6.20. The lowest BCUT2D eigenvalue weighted by Crippen LogP contribution is -2.65. The molecule has 0 aromatic rings. The van der Waals surface area contributed by atoms with Crippen molar-refractivity contribution in [2.75, 3.05) is 0 Å². The number of rotatable bonds is 0. The average Bonchev–Trinajstić information content (AvgIpc) is 2.80. The molecule has 13 heavy (non-hydrogen) atoms. The van der Waals surface area contributed by atoms with Crippen LogP contribution < -0.4 is 0 Å². The fraction of sp³-hybridized carbons (Fsp3) is 0.846. The average molecular weight is 170 g/mol. The first-order valence-corrected chi connectivity index (χ1v) is 6.12. The van der Waals surface area contributed by atoms with E-state index in [2.05, 4.69) is 6.08 Å². The van der Waals surface area contributed by atoms with Crippen molar-refractivity contribution in [3.8, 4) is 0 Å². The molecule has 7 atom stereocenters. The predicted molar refractivity (Wildman–Crippen MR) is 48.9 cm³/mol. The van der Waals surface area contributed by atoms with Gasteiger partial charge in [-0.1, -0.05) is 11.6 Å². The summed E-state index contributed by atoms with van der Waals surface area (Å²) in [6.07, 6.45) is 8.88. The van der Waals surface area contributed by atoms with Gasteiger partial charge in [-0.3, -0.25) is 0 Å². The summed E-state index contributed by atoms with van der Waals surface area (Å²) in [5.41, 5.74) is 3.76. The first-order chi connectivity index (χ1) is 6.41. The molecule has 0 aromatic carbocycles. The van der Waals surface area contributed by atoms with Crippen LogP contribution in [0.5, 0.6) is 0 Å². The Kier molecular flexibility index (Phi) is 0.482. The number of allylic oxidation sites excluding steroid dienone is 2. The molecule has 5 saturated carbocycles. The number of fused-ring (bicyclic) bond motifs is 5. The molecule has 5 fully saturated rings. The molecule has 0 N–H and O–H groups in total. The fourth-order valence-corrected chi connectivity index (χ4v) is 6.85. The van der Waals surface area contributed by atoms with Crippen molar-refractivity contribution in [2.45, 2.75) is 25.7 Å². The molecule has 6 rings (SSSR count). The summed E-state index contributed by atoms with van der Waals surface area (Å²) in [4.78, 5) is 0. The third-order valence-corrected chi connectivity index (χ3v) is 7.02. The van der Waals surface area contributed by atoms with Gasteiger partial charge in [-0.2, -0.15) is 0 Å². The highest BCUT2D eigenvalue weighted by Gasteiger charge is 2.98. The molecule has 0 heteroatoms. The summed E-state index contributed by atoms with van der Waals surface area (Å²) >= 11 is 0. The van der Waals surface area contributed by atoms with Crippen molar-refractivity contribution in [3.63, 3.8) is 0 Å². The van der Waals surface area contributed by atoms with Gasteiger partial charge in [0.1, 0.15) is 0 Å². The summed E-state index contributed by atoms with van der Waals surface area (Å²) < 4.78 is 0. The number of hydrogen-bond donors (Lipinski definition) is 0. The molecule has 2 spiro atoms. The van der Waals surface area contributed by atoms with Gasteiger partial charge in [0.25, 0.3) is 0 Å². The third kappa shape index (κ3) is 0.266. The lowest BCUT2D eigenvalue weighted by Gasteiger charge is -2.68. The highest BCUT2D eigenvalue weighted by Crippen LogP contribution is 3.03. The second-order valence-electron chi connectivity index (χ2n) is 6.58. The van der Waals surface area contributed by atoms with Crippen LogP contribution in [0, 0.1) is 40.4 Å². The van der Waals surface area contributed by atoms with Crippen LogP contribution in [0.25, 0.3) is 0 Å².